The van der Waals surface area contributed by atoms with E-state index in [2.05, 4.69) is 12.2 Å². The monoisotopic (exact) mass is 347 g/mol. The van der Waals surface area contributed by atoms with Gasteiger partial charge in [0, 0.05) is 32.6 Å². The van der Waals surface area contributed by atoms with Crippen molar-refractivity contribution in [3.05, 3.63) is 0 Å². The van der Waals surface area contributed by atoms with E-state index in [4.69, 9.17) is 10.5 Å². The molecule has 134 valence electrons. The first-order valence-electron chi connectivity index (χ1n) is 8.51. The number of carbonyl (C=O) groups is 2. The number of nitrogens with one attached hydrogen (secondary N) is 1. The van der Waals surface area contributed by atoms with Crippen LogP contribution in [0.25, 0.3) is 0 Å². The third kappa shape index (κ3) is 6.28. The molecule has 2 aliphatic heterocycles. The van der Waals surface area contributed by atoms with E-state index in [1.807, 2.05) is 4.90 Å². The van der Waals surface area contributed by atoms with Gasteiger partial charge < -0.3 is 20.7 Å². The van der Waals surface area contributed by atoms with Crippen LogP contribution in [0.15, 0.2) is 0 Å². The van der Waals surface area contributed by atoms with Crippen LogP contribution in [0.2, 0.25) is 0 Å². The number of hydrogen-bond acceptors (Lipinski definition) is 4. The Morgan fingerprint density at radius 2 is 2.09 bits per heavy atom. The molecule has 2 heterocycles. The van der Waals surface area contributed by atoms with Crippen LogP contribution in [0.5, 0.6) is 0 Å². The highest BCUT2D eigenvalue weighted by molar-refractivity contribution is 5.85. The summed E-state index contributed by atoms with van der Waals surface area (Å²) in [6, 6.07) is 0. The van der Waals surface area contributed by atoms with Gasteiger partial charge in [0.1, 0.15) is 0 Å². The van der Waals surface area contributed by atoms with E-state index < -0.39 is 0 Å². The zero-order chi connectivity index (χ0) is 15.9. The first-order valence-corrected chi connectivity index (χ1v) is 8.51. The molecule has 3 unspecified atom stereocenters. The molecule has 2 saturated heterocycles. The van der Waals surface area contributed by atoms with Gasteiger partial charge in [-0.3, -0.25) is 9.59 Å². The molecular formula is C16H30ClN3O3. The topological polar surface area (TPSA) is 84.7 Å². The lowest BCUT2D eigenvalue weighted by Crippen LogP contribution is -2.46. The fraction of sp³-hybridized carbons (Fsp3) is 0.875. The highest BCUT2D eigenvalue weighted by atomic mass is 35.5. The van der Waals surface area contributed by atoms with Crippen LogP contribution in [-0.4, -0.2) is 55.1 Å². The molecule has 0 aromatic rings. The van der Waals surface area contributed by atoms with Crippen molar-refractivity contribution in [1.82, 2.24) is 10.2 Å². The van der Waals surface area contributed by atoms with Gasteiger partial charge in [0.2, 0.25) is 11.8 Å². The average Bonchev–Trinajstić information content (AvgIpc) is 2.96. The second-order valence-electron chi connectivity index (χ2n) is 6.44. The number of hydrogen-bond donors (Lipinski definition) is 2. The summed E-state index contributed by atoms with van der Waals surface area (Å²) < 4.78 is 5.76. The standard InChI is InChI=1S/C16H29N3O3.ClH/c1-12-4-5-14(22-12)6-7-15(20)19-10-2-3-13(11-19)16(21)18-9-8-17;/h12-14H,2-11,17H2,1H3,(H,18,21);1H. The van der Waals surface area contributed by atoms with Crippen LogP contribution in [0.3, 0.4) is 0 Å². The molecule has 0 radical (unpaired) electrons. The average molecular weight is 348 g/mol. The Hall–Kier alpha value is -0.850. The second kappa shape index (κ2) is 10.1. The molecule has 0 aromatic carbocycles. The Bertz CT molecular complexity index is 395. The van der Waals surface area contributed by atoms with Gasteiger partial charge in [-0.05, 0) is 39.0 Å². The van der Waals surface area contributed by atoms with Crippen molar-refractivity contribution in [2.24, 2.45) is 11.7 Å². The Balaban J connectivity index is 0.00000264. The van der Waals surface area contributed by atoms with E-state index in [0.717, 1.165) is 38.6 Å². The van der Waals surface area contributed by atoms with Crippen molar-refractivity contribution in [3.8, 4) is 0 Å². The summed E-state index contributed by atoms with van der Waals surface area (Å²) in [6.07, 6.45) is 5.76. The highest BCUT2D eigenvalue weighted by Crippen LogP contribution is 2.24. The maximum absolute atomic E-state index is 12.3. The summed E-state index contributed by atoms with van der Waals surface area (Å²) in [5.41, 5.74) is 5.40. The SMILES string of the molecule is CC1CCC(CCC(=O)N2CCCC(C(=O)NCCN)C2)O1.Cl. The maximum atomic E-state index is 12.3. The van der Waals surface area contributed by atoms with Gasteiger partial charge in [0.05, 0.1) is 18.1 Å². The minimum atomic E-state index is -0.0907. The smallest absolute Gasteiger partial charge is 0.224 e. The molecule has 3 N–H and O–H groups in total. The quantitative estimate of drug-likeness (QED) is 0.752. The Morgan fingerprint density at radius 3 is 2.74 bits per heavy atom. The summed E-state index contributed by atoms with van der Waals surface area (Å²) in [6.45, 7) is 4.33. The third-order valence-corrected chi connectivity index (χ3v) is 4.59. The van der Waals surface area contributed by atoms with Crippen LogP contribution in [0.4, 0.5) is 0 Å². The largest absolute Gasteiger partial charge is 0.375 e. The fourth-order valence-electron chi connectivity index (χ4n) is 3.30. The van der Waals surface area contributed by atoms with Crippen LogP contribution < -0.4 is 11.1 Å². The predicted octanol–water partition coefficient (Wildman–Crippen LogP) is 1.07. The van der Waals surface area contributed by atoms with Gasteiger partial charge >= 0.3 is 0 Å². The molecule has 0 aliphatic carbocycles. The van der Waals surface area contributed by atoms with Gasteiger partial charge in [-0.15, -0.1) is 12.4 Å². The molecule has 2 amide bonds. The second-order valence-corrected chi connectivity index (χ2v) is 6.44. The molecule has 6 nitrogen and oxygen atoms in total. The van der Waals surface area contributed by atoms with Gasteiger partial charge in [0.15, 0.2) is 0 Å². The lowest BCUT2D eigenvalue weighted by Gasteiger charge is -2.32. The van der Waals surface area contributed by atoms with Crippen LogP contribution in [0.1, 0.15) is 45.4 Å². The lowest BCUT2D eigenvalue weighted by molar-refractivity contribution is -0.136. The summed E-state index contributed by atoms with van der Waals surface area (Å²) >= 11 is 0. The number of nitrogens with two attached hydrogens (primary N) is 1. The van der Waals surface area contributed by atoms with E-state index in [1.165, 1.54) is 0 Å². The zero-order valence-electron chi connectivity index (χ0n) is 14.0. The van der Waals surface area contributed by atoms with Crippen molar-refractivity contribution in [3.63, 3.8) is 0 Å². The van der Waals surface area contributed by atoms with Gasteiger partial charge in [0.25, 0.3) is 0 Å². The molecule has 3 atom stereocenters. The maximum Gasteiger partial charge on any atom is 0.224 e. The van der Waals surface area contributed by atoms with E-state index in [-0.39, 0.29) is 36.2 Å². The van der Waals surface area contributed by atoms with Crippen molar-refractivity contribution in [2.45, 2.75) is 57.7 Å². The van der Waals surface area contributed by atoms with E-state index in [9.17, 15) is 9.59 Å². The number of nitrogens with zero attached hydrogens (tertiary/aromatic N) is 1. The third-order valence-electron chi connectivity index (χ3n) is 4.59. The number of carbonyl (C=O) groups excluding carboxylic acids is 2. The van der Waals surface area contributed by atoms with Crippen LogP contribution in [0, 0.1) is 5.92 Å². The molecule has 0 spiro atoms. The Labute approximate surface area is 144 Å². The van der Waals surface area contributed by atoms with Gasteiger partial charge in [-0.25, -0.2) is 0 Å². The van der Waals surface area contributed by atoms with Crippen molar-refractivity contribution in [2.75, 3.05) is 26.2 Å². The summed E-state index contributed by atoms with van der Waals surface area (Å²) in [4.78, 5) is 26.2. The van der Waals surface area contributed by atoms with Gasteiger partial charge in [-0.1, -0.05) is 0 Å². The number of amides is 2. The predicted molar refractivity (Wildman–Crippen MR) is 91.4 cm³/mol. The molecule has 0 bridgehead atoms. The first kappa shape index (κ1) is 20.2. The minimum absolute atomic E-state index is 0. The molecule has 2 fully saturated rings. The van der Waals surface area contributed by atoms with Crippen molar-refractivity contribution < 1.29 is 14.3 Å². The summed E-state index contributed by atoms with van der Waals surface area (Å²) in [5, 5.41) is 2.82. The number of likely N-dealkylation sites (tertiary alicyclic amines) is 1. The van der Waals surface area contributed by atoms with Crippen molar-refractivity contribution >= 4 is 24.2 Å². The molecule has 0 saturated carbocycles. The summed E-state index contributed by atoms with van der Waals surface area (Å²) in [5.74, 6) is 0.0855. The number of rotatable bonds is 6. The zero-order valence-corrected chi connectivity index (χ0v) is 14.8. The van der Waals surface area contributed by atoms with E-state index >= 15 is 0 Å². The molecular weight excluding hydrogens is 318 g/mol. The molecule has 2 rings (SSSR count). The summed E-state index contributed by atoms with van der Waals surface area (Å²) in [7, 11) is 0. The van der Waals surface area contributed by atoms with Crippen LogP contribution in [-0.2, 0) is 14.3 Å². The molecule has 2 aliphatic rings. The lowest BCUT2D eigenvalue weighted by atomic mass is 9.96. The molecule has 7 heteroatoms. The van der Waals surface area contributed by atoms with E-state index in [0.29, 0.717) is 32.2 Å². The number of ether oxygens (including phenoxy) is 1. The Morgan fingerprint density at radius 1 is 1.30 bits per heavy atom. The normalized spacial score (nSPS) is 27.4. The minimum Gasteiger partial charge on any atom is -0.375 e. The highest BCUT2D eigenvalue weighted by Gasteiger charge is 2.29. The number of halogens is 1. The molecule has 23 heavy (non-hydrogen) atoms. The van der Waals surface area contributed by atoms with E-state index in [1.54, 1.807) is 0 Å². The fourth-order valence-corrected chi connectivity index (χ4v) is 3.30. The first-order chi connectivity index (χ1) is 10.6. The van der Waals surface area contributed by atoms with Crippen LogP contribution >= 0.6 is 12.4 Å². The molecule has 0 aromatic heterocycles. The number of piperidine rings is 1. The van der Waals surface area contributed by atoms with Gasteiger partial charge in [-0.2, -0.15) is 0 Å². The Kier molecular flexibility index (Phi) is 8.87. The van der Waals surface area contributed by atoms with Crippen molar-refractivity contribution in [1.29, 1.82) is 0 Å².